The molecule has 0 fully saturated rings. The van der Waals surface area contributed by atoms with Crippen molar-refractivity contribution in [1.29, 1.82) is 0 Å². The Labute approximate surface area is 119 Å². The van der Waals surface area contributed by atoms with Crippen LogP contribution in [0, 0.1) is 0 Å². The van der Waals surface area contributed by atoms with Crippen molar-refractivity contribution in [3.05, 3.63) is 30.2 Å². The lowest BCUT2D eigenvalue weighted by atomic mass is 10.4. The van der Waals surface area contributed by atoms with Crippen molar-refractivity contribution < 1.29 is 9.21 Å². The summed E-state index contributed by atoms with van der Waals surface area (Å²) in [5.74, 6) is 0.400. The highest BCUT2D eigenvalue weighted by Crippen LogP contribution is 2.28. The van der Waals surface area contributed by atoms with E-state index in [1.807, 2.05) is 17.5 Å². The third kappa shape index (κ3) is 3.68. The van der Waals surface area contributed by atoms with E-state index in [0.717, 1.165) is 4.88 Å². The molecule has 0 aliphatic heterocycles. The van der Waals surface area contributed by atoms with Crippen LogP contribution in [0.5, 0.6) is 0 Å². The van der Waals surface area contributed by atoms with E-state index >= 15 is 0 Å². The third-order valence-corrected chi connectivity index (χ3v) is 4.00. The molecule has 2 heterocycles. The summed E-state index contributed by atoms with van der Waals surface area (Å²) in [4.78, 5) is 12.6. The molecule has 0 spiro atoms. The average Bonchev–Trinajstić information content (AvgIpc) is 3.05. The predicted octanol–water partition coefficient (Wildman–Crippen LogP) is 2.58. The minimum atomic E-state index is -0.295. The van der Waals surface area contributed by atoms with Gasteiger partial charge in [-0.3, -0.25) is 4.79 Å². The SMILES string of the molecule is C=CCNC(=O)C(C)Sc1nnc(-c2cccs2)o1. The molecule has 100 valence electrons. The lowest BCUT2D eigenvalue weighted by Crippen LogP contribution is -2.30. The molecule has 2 rings (SSSR count). The van der Waals surface area contributed by atoms with Gasteiger partial charge in [0.2, 0.25) is 5.91 Å². The van der Waals surface area contributed by atoms with Crippen molar-refractivity contribution in [2.24, 2.45) is 0 Å². The number of nitrogens with one attached hydrogen (secondary N) is 1. The fourth-order valence-corrected chi connectivity index (χ4v) is 2.63. The molecule has 1 unspecified atom stereocenters. The Balaban J connectivity index is 1.96. The zero-order chi connectivity index (χ0) is 13.7. The van der Waals surface area contributed by atoms with Crippen molar-refractivity contribution in [2.45, 2.75) is 17.4 Å². The first-order valence-corrected chi connectivity index (χ1v) is 7.39. The van der Waals surface area contributed by atoms with E-state index in [2.05, 4.69) is 22.1 Å². The molecular weight excluding hydrogens is 282 g/mol. The number of carbonyl (C=O) groups excluding carboxylic acids is 1. The molecule has 1 amide bonds. The fourth-order valence-electron chi connectivity index (χ4n) is 1.28. The van der Waals surface area contributed by atoms with Crippen LogP contribution in [0.1, 0.15) is 6.92 Å². The Morgan fingerprint density at radius 1 is 1.68 bits per heavy atom. The summed E-state index contributed by atoms with van der Waals surface area (Å²) in [6.45, 7) is 5.79. The van der Waals surface area contributed by atoms with Crippen molar-refractivity contribution in [1.82, 2.24) is 15.5 Å². The Morgan fingerprint density at radius 3 is 3.21 bits per heavy atom. The maximum absolute atomic E-state index is 11.7. The molecule has 0 aliphatic carbocycles. The first kappa shape index (κ1) is 13.8. The molecule has 0 aromatic carbocycles. The van der Waals surface area contributed by atoms with Crippen molar-refractivity contribution in [3.8, 4) is 10.8 Å². The molecular formula is C12H13N3O2S2. The van der Waals surface area contributed by atoms with Gasteiger partial charge in [0.25, 0.3) is 11.1 Å². The monoisotopic (exact) mass is 295 g/mol. The van der Waals surface area contributed by atoms with Gasteiger partial charge < -0.3 is 9.73 Å². The van der Waals surface area contributed by atoms with E-state index in [1.54, 1.807) is 13.0 Å². The summed E-state index contributed by atoms with van der Waals surface area (Å²) >= 11 is 2.77. The zero-order valence-corrected chi connectivity index (χ0v) is 12.0. The second-order valence-electron chi connectivity index (χ2n) is 3.64. The molecule has 1 N–H and O–H groups in total. The van der Waals surface area contributed by atoms with Gasteiger partial charge in [-0.25, -0.2) is 0 Å². The number of amides is 1. The van der Waals surface area contributed by atoms with Crippen molar-refractivity contribution in [2.75, 3.05) is 6.54 Å². The van der Waals surface area contributed by atoms with E-state index < -0.39 is 0 Å². The largest absolute Gasteiger partial charge is 0.410 e. The van der Waals surface area contributed by atoms with Gasteiger partial charge in [-0.05, 0) is 18.4 Å². The topological polar surface area (TPSA) is 68.0 Å². The van der Waals surface area contributed by atoms with E-state index in [-0.39, 0.29) is 11.2 Å². The summed E-state index contributed by atoms with van der Waals surface area (Å²) < 4.78 is 5.50. The molecule has 0 aliphatic rings. The molecule has 7 heteroatoms. The number of nitrogens with zero attached hydrogens (tertiary/aromatic N) is 2. The van der Waals surface area contributed by atoms with Crippen LogP contribution in [0.3, 0.4) is 0 Å². The Hall–Kier alpha value is -1.60. The van der Waals surface area contributed by atoms with Gasteiger partial charge in [0.05, 0.1) is 10.1 Å². The predicted molar refractivity (Wildman–Crippen MR) is 76.1 cm³/mol. The summed E-state index contributed by atoms with van der Waals surface area (Å²) in [6, 6.07) is 3.83. The number of hydrogen-bond donors (Lipinski definition) is 1. The standard InChI is InChI=1S/C12H13N3O2S2/c1-3-6-13-10(16)8(2)19-12-15-14-11(17-12)9-5-4-7-18-9/h3-5,7-8H,1,6H2,2H3,(H,13,16). The molecule has 1 atom stereocenters. The number of carbonyl (C=O) groups is 1. The maximum atomic E-state index is 11.7. The highest BCUT2D eigenvalue weighted by atomic mass is 32.2. The van der Waals surface area contributed by atoms with Crippen LogP contribution in [0.15, 0.2) is 39.8 Å². The Bertz CT molecular complexity index is 551. The average molecular weight is 295 g/mol. The summed E-state index contributed by atoms with van der Waals surface area (Å²) in [6.07, 6.45) is 1.64. The summed E-state index contributed by atoms with van der Waals surface area (Å²) in [5.41, 5.74) is 0. The van der Waals surface area contributed by atoms with E-state index in [0.29, 0.717) is 17.7 Å². The Kier molecular flexibility index (Phi) is 4.75. The minimum Gasteiger partial charge on any atom is -0.410 e. The number of hydrogen-bond acceptors (Lipinski definition) is 6. The Morgan fingerprint density at radius 2 is 2.53 bits per heavy atom. The van der Waals surface area contributed by atoms with Gasteiger partial charge in [-0.15, -0.1) is 28.1 Å². The first-order valence-electron chi connectivity index (χ1n) is 5.63. The van der Waals surface area contributed by atoms with E-state index in [4.69, 9.17) is 4.42 Å². The lowest BCUT2D eigenvalue weighted by molar-refractivity contribution is -0.120. The lowest BCUT2D eigenvalue weighted by Gasteiger charge is -2.07. The molecule has 5 nitrogen and oxygen atoms in total. The fraction of sp³-hybridized carbons (Fsp3) is 0.250. The molecule has 0 saturated carbocycles. The molecule has 2 aromatic heterocycles. The van der Waals surface area contributed by atoms with Gasteiger partial charge in [-0.1, -0.05) is 23.9 Å². The number of aromatic nitrogens is 2. The van der Waals surface area contributed by atoms with Crippen LogP contribution in [0.4, 0.5) is 0 Å². The minimum absolute atomic E-state index is 0.0826. The molecule has 0 saturated heterocycles. The van der Waals surface area contributed by atoms with Gasteiger partial charge in [0.1, 0.15) is 0 Å². The van der Waals surface area contributed by atoms with E-state index in [9.17, 15) is 4.79 Å². The van der Waals surface area contributed by atoms with Crippen LogP contribution >= 0.6 is 23.1 Å². The van der Waals surface area contributed by atoms with Gasteiger partial charge in [0.15, 0.2) is 0 Å². The smallest absolute Gasteiger partial charge is 0.277 e. The molecule has 0 radical (unpaired) electrons. The third-order valence-electron chi connectivity index (χ3n) is 2.21. The molecule has 0 bridgehead atoms. The van der Waals surface area contributed by atoms with Crippen LogP contribution in [0.25, 0.3) is 10.8 Å². The van der Waals surface area contributed by atoms with Crippen molar-refractivity contribution >= 4 is 29.0 Å². The maximum Gasteiger partial charge on any atom is 0.277 e. The first-order chi connectivity index (χ1) is 9.20. The van der Waals surface area contributed by atoms with Crippen molar-refractivity contribution in [3.63, 3.8) is 0 Å². The molecule has 2 aromatic rings. The zero-order valence-electron chi connectivity index (χ0n) is 10.3. The quantitative estimate of drug-likeness (QED) is 0.655. The number of thioether (sulfide) groups is 1. The van der Waals surface area contributed by atoms with Crippen LogP contribution in [-0.4, -0.2) is 27.9 Å². The number of thiophene rings is 1. The van der Waals surface area contributed by atoms with E-state index in [1.165, 1.54) is 23.1 Å². The number of rotatable bonds is 6. The second kappa shape index (κ2) is 6.53. The summed E-state index contributed by atoms with van der Waals surface area (Å²) in [7, 11) is 0. The van der Waals surface area contributed by atoms with Gasteiger partial charge in [0, 0.05) is 6.54 Å². The highest BCUT2D eigenvalue weighted by Gasteiger charge is 2.18. The van der Waals surface area contributed by atoms with Gasteiger partial charge >= 0.3 is 0 Å². The van der Waals surface area contributed by atoms with Crippen LogP contribution in [-0.2, 0) is 4.79 Å². The normalized spacial score (nSPS) is 12.1. The van der Waals surface area contributed by atoms with Gasteiger partial charge in [-0.2, -0.15) is 0 Å². The second-order valence-corrected chi connectivity index (χ2v) is 5.88. The summed E-state index contributed by atoms with van der Waals surface area (Å²) in [5, 5.41) is 12.6. The van der Waals surface area contributed by atoms with Crippen LogP contribution < -0.4 is 5.32 Å². The highest BCUT2D eigenvalue weighted by molar-refractivity contribution is 8.00. The van der Waals surface area contributed by atoms with Crippen LogP contribution in [0.2, 0.25) is 0 Å². The molecule has 19 heavy (non-hydrogen) atoms.